The second-order valence-corrected chi connectivity index (χ2v) is 5.35. The molecule has 0 atom stereocenters. The molecule has 1 aromatic heterocycles. The van der Waals surface area contributed by atoms with Gasteiger partial charge < -0.3 is 14.8 Å². The number of benzene rings is 2. The van der Waals surface area contributed by atoms with Gasteiger partial charge in [-0.2, -0.15) is 0 Å². The van der Waals surface area contributed by atoms with Gasteiger partial charge in [0.25, 0.3) is 0 Å². The number of methoxy groups -OCH3 is 2. The minimum absolute atomic E-state index is 0.0887. The predicted octanol–water partition coefficient (Wildman–Crippen LogP) is 4.05. The molecule has 124 valence electrons. The van der Waals surface area contributed by atoms with Crippen molar-refractivity contribution >= 4 is 28.3 Å². The van der Waals surface area contributed by atoms with E-state index in [0.717, 1.165) is 0 Å². The molecular formula is C17H15ClFN3O2. The van der Waals surface area contributed by atoms with Crippen LogP contribution in [0.3, 0.4) is 0 Å². The first-order chi connectivity index (χ1) is 11.6. The fourth-order valence-corrected chi connectivity index (χ4v) is 2.56. The van der Waals surface area contributed by atoms with Crippen LogP contribution in [-0.4, -0.2) is 24.2 Å². The first kappa shape index (κ1) is 16.3. The average molecular weight is 348 g/mol. The van der Waals surface area contributed by atoms with Gasteiger partial charge in [-0.15, -0.1) is 0 Å². The number of nitrogens with one attached hydrogen (secondary N) is 1. The normalized spacial score (nSPS) is 10.7. The SMILES string of the molecule is COc1cc2nc(Cl)nc(NCc3ccccc3F)c2cc1OC. The average Bonchev–Trinajstić information content (AvgIpc) is 2.59. The molecule has 3 rings (SSSR count). The van der Waals surface area contributed by atoms with Crippen LogP contribution in [0.1, 0.15) is 5.56 Å². The van der Waals surface area contributed by atoms with Gasteiger partial charge >= 0.3 is 0 Å². The lowest BCUT2D eigenvalue weighted by Crippen LogP contribution is -2.05. The standard InChI is InChI=1S/C17H15ClFN3O2/c1-23-14-7-11-13(8-15(14)24-2)21-17(18)22-16(11)20-9-10-5-3-4-6-12(10)19/h3-8H,9H2,1-2H3,(H,20,21,22). The molecule has 1 N–H and O–H groups in total. The number of anilines is 1. The van der Waals surface area contributed by atoms with E-state index in [1.165, 1.54) is 6.07 Å². The Morgan fingerprint density at radius 2 is 1.79 bits per heavy atom. The van der Waals surface area contributed by atoms with Crippen LogP contribution in [0, 0.1) is 5.82 Å². The Morgan fingerprint density at radius 3 is 2.50 bits per heavy atom. The van der Waals surface area contributed by atoms with Crippen LogP contribution in [0.25, 0.3) is 10.9 Å². The first-order valence-electron chi connectivity index (χ1n) is 7.19. The zero-order valence-corrected chi connectivity index (χ0v) is 13.9. The molecule has 5 nitrogen and oxygen atoms in total. The van der Waals surface area contributed by atoms with Gasteiger partial charge in [-0.25, -0.2) is 14.4 Å². The molecule has 0 amide bonds. The summed E-state index contributed by atoms with van der Waals surface area (Å²) in [5.74, 6) is 1.30. The lowest BCUT2D eigenvalue weighted by atomic mass is 10.2. The molecule has 7 heteroatoms. The Hall–Kier alpha value is -2.60. The summed E-state index contributed by atoms with van der Waals surface area (Å²) in [4.78, 5) is 8.40. The Balaban J connectivity index is 2.02. The van der Waals surface area contributed by atoms with Crippen LogP contribution in [0.2, 0.25) is 5.28 Å². The van der Waals surface area contributed by atoms with Crippen LogP contribution >= 0.6 is 11.6 Å². The molecule has 0 aliphatic heterocycles. The highest BCUT2D eigenvalue weighted by molar-refractivity contribution is 6.28. The fourth-order valence-electron chi connectivity index (χ4n) is 2.38. The van der Waals surface area contributed by atoms with Gasteiger partial charge in [0.2, 0.25) is 5.28 Å². The van der Waals surface area contributed by atoms with Crippen LogP contribution < -0.4 is 14.8 Å². The molecule has 0 saturated heterocycles. The maximum atomic E-state index is 13.8. The van der Waals surface area contributed by atoms with E-state index >= 15 is 0 Å². The number of halogens is 2. The number of fused-ring (bicyclic) bond motifs is 1. The summed E-state index contributed by atoms with van der Waals surface area (Å²) in [7, 11) is 3.09. The van der Waals surface area contributed by atoms with Crippen LogP contribution in [-0.2, 0) is 6.54 Å². The summed E-state index contributed by atoms with van der Waals surface area (Å²) in [6.07, 6.45) is 0. The summed E-state index contributed by atoms with van der Waals surface area (Å²) in [5, 5.41) is 3.89. The minimum Gasteiger partial charge on any atom is -0.493 e. The predicted molar refractivity (Wildman–Crippen MR) is 91.4 cm³/mol. The zero-order chi connectivity index (χ0) is 17.1. The Kier molecular flexibility index (Phi) is 4.66. The molecule has 0 unspecified atom stereocenters. The van der Waals surface area contributed by atoms with Gasteiger partial charge in [0.1, 0.15) is 11.6 Å². The molecule has 0 bridgehead atoms. The number of nitrogens with zero attached hydrogens (tertiary/aromatic N) is 2. The van der Waals surface area contributed by atoms with Crippen molar-refractivity contribution in [3.8, 4) is 11.5 Å². The van der Waals surface area contributed by atoms with Crippen LogP contribution in [0.15, 0.2) is 36.4 Å². The molecule has 0 radical (unpaired) electrons. The summed E-state index contributed by atoms with van der Waals surface area (Å²) in [6.45, 7) is 0.267. The number of hydrogen-bond acceptors (Lipinski definition) is 5. The molecule has 0 fully saturated rings. The second-order valence-electron chi connectivity index (χ2n) is 5.01. The van der Waals surface area contributed by atoms with E-state index in [4.69, 9.17) is 21.1 Å². The van der Waals surface area contributed by atoms with E-state index in [-0.39, 0.29) is 17.6 Å². The highest BCUT2D eigenvalue weighted by Gasteiger charge is 2.13. The molecule has 0 saturated carbocycles. The smallest absolute Gasteiger partial charge is 0.224 e. The molecular weight excluding hydrogens is 333 g/mol. The molecule has 0 aliphatic rings. The van der Waals surface area contributed by atoms with Crippen molar-refractivity contribution < 1.29 is 13.9 Å². The first-order valence-corrected chi connectivity index (χ1v) is 7.56. The van der Waals surface area contributed by atoms with Crippen molar-refractivity contribution in [1.29, 1.82) is 0 Å². The molecule has 2 aromatic carbocycles. The summed E-state index contributed by atoms with van der Waals surface area (Å²) < 4.78 is 24.3. The highest BCUT2D eigenvalue weighted by atomic mass is 35.5. The van der Waals surface area contributed by atoms with E-state index in [2.05, 4.69) is 15.3 Å². The van der Waals surface area contributed by atoms with E-state index < -0.39 is 0 Å². The van der Waals surface area contributed by atoms with Crippen molar-refractivity contribution in [2.45, 2.75) is 6.54 Å². The maximum Gasteiger partial charge on any atom is 0.224 e. The maximum absolute atomic E-state index is 13.8. The Bertz CT molecular complexity index is 889. The van der Waals surface area contributed by atoms with Gasteiger partial charge in [0.15, 0.2) is 11.5 Å². The van der Waals surface area contributed by atoms with Gasteiger partial charge in [0.05, 0.1) is 19.7 Å². The van der Waals surface area contributed by atoms with E-state index in [0.29, 0.717) is 33.8 Å². The fraction of sp³-hybridized carbons (Fsp3) is 0.176. The monoisotopic (exact) mass is 347 g/mol. The second kappa shape index (κ2) is 6.88. The third-order valence-electron chi connectivity index (χ3n) is 3.58. The topological polar surface area (TPSA) is 56.3 Å². The van der Waals surface area contributed by atoms with Gasteiger partial charge in [-0.05, 0) is 23.7 Å². The number of aromatic nitrogens is 2. The van der Waals surface area contributed by atoms with Crippen molar-refractivity contribution in [1.82, 2.24) is 9.97 Å². The Labute approximate surface area is 143 Å². The largest absolute Gasteiger partial charge is 0.493 e. The summed E-state index contributed by atoms with van der Waals surface area (Å²) in [6, 6.07) is 10.0. The van der Waals surface area contributed by atoms with E-state index in [1.807, 2.05) is 0 Å². The number of hydrogen-bond donors (Lipinski definition) is 1. The van der Waals surface area contributed by atoms with Crippen molar-refractivity contribution in [2.75, 3.05) is 19.5 Å². The van der Waals surface area contributed by atoms with Crippen LogP contribution in [0.5, 0.6) is 11.5 Å². The molecule has 1 heterocycles. The minimum atomic E-state index is -0.284. The molecule has 3 aromatic rings. The van der Waals surface area contributed by atoms with Gasteiger partial charge in [-0.3, -0.25) is 0 Å². The molecule has 0 spiro atoms. The van der Waals surface area contributed by atoms with E-state index in [9.17, 15) is 4.39 Å². The molecule has 0 aliphatic carbocycles. The third kappa shape index (κ3) is 3.19. The third-order valence-corrected chi connectivity index (χ3v) is 3.75. The quantitative estimate of drug-likeness (QED) is 0.705. The van der Waals surface area contributed by atoms with E-state index in [1.54, 1.807) is 44.6 Å². The summed E-state index contributed by atoms with van der Waals surface area (Å²) in [5.41, 5.74) is 1.13. The van der Waals surface area contributed by atoms with Crippen molar-refractivity contribution in [3.05, 3.63) is 53.1 Å². The zero-order valence-electron chi connectivity index (χ0n) is 13.1. The lowest BCUT2D eigenvalue weighted by Gasteiger charge is -2.13. The summed E-state index contributed by atoms with van der Waals surface area (Å²) >= 11 is 6.00. The van der Waals surface area contributed by atoms with Crippen molar-refractivity contribution in [2.24, 2.45) is 0 Å². The number of ether oxygens (including phenoxy) is 2. The Morgan fingerprint density at radius 1 is 1.08 bits per heavy atom. The van der Waals surface area contributed by atoms with Gasteiger partial charge in [-0.1, -0.05) is 18.2 Å². The highest BCUT2D eigenvalue weighted by Crippen LogP contribution is 2.34. The van der Waals surface area contributed by atoms with Crippen LogP contribution in [0.4, 0.5) is 10.2 Å². The van der Waals surface area contributed by atoms with Gasteiger partial charge in [0, 0.05) is 23.6 Å². The molecule has 24 heavy (non-hydrogen) atoms. The number of rotatable bonds is 5. The van der Waals surface area contributed by atoms with Crippen molar-refractivity contribution in [3.63, 3.8) is 0 Å². The lowest BCUT2D eigenvalue weighted by molar-refractivity contribution is 0.356.